The Labute approximate surface area is 137 Å². The van der Waals surface area contributed by atoms with Crippen LogP contribution in [0.15, 0.2) is 12.1 Å². The maximum atomic E-state index is 11.4. The van der Waals surface area contributed by atoms with E-state index in [1.807, 2.05) is 12.1 Å². The first-order valence-electron chi connectivity index (χ1n) is 8.59. The van der Waals surface area contributed by atoms with Gasteiger partial charge in [0.1, 0.15) is 5.75 Å². The lowest BCUT2D eigenvalue weighted by Gasteiger charge is -2.43. The van der Waals surface area contributed by atoms with Crippen molar-refractivity contribution in [2.45, 2.75) is 46.1 Å². The third kappa shape index (κ3) is 1.81. The fourth-order valence-electron chi connectivity index (χ4n) is 5.67. The Morgan fingerprint density at radius 2 is 1.96 bits per heavy atom. The summed E-state index contributed by atoms with van der Waals surface area (Å²) in [4.78, 5) is 0. The molecule has 23 heavy (non-hydrogen) atoms. The quantitative estimate of drug-likeness (QED) is 0.917. The minimum atomic E-state index is -0.540. The average Bonchev–Trinajstić information content (AvgIpc) is 2.93. The number of aliphatic hydroxyl groups is 1. The molecule has 0 radical (unpaired) electrons. The van der Waals surface area contributed by atoms with E-state index in [-0.39, 0.29) is 17.6 Å². The number of rotatable bonds is 3. The van der Waals surface area contributed by atoms with E-state index in [0.29, 0.717) is 29.1 Å². The van der Waals surface area contributed by atoms with E-state index in [9.17, 15) is 5.11 Å². The molecule has 4 unspecified atom stereocenters. The molecule has 4 atom stereocenters. The Morgan fingerprint density at radius 1 is 1.26 bits per heavy atom. The maximum absolute atomic E-state index is 11.4. The third-order valence-electron chi connectivity index (χ3n) is 6.82. The van der Waals surface area contributed by atoms with Crippen LogP contribution in [0.1, 0.15) is 51.7 Å². The first-order chi connectivity index (χ1) is 10.9. The molecule has 4 heteroatoms. The van der Waals surface area contributed by atoms with Gasteiger partial charge in [-0.05, 0) is 36.2 Å². The molecule has 0 aromatic heterocycles. The molecular weight excluding hydrogens is 292 g/mol. The van der Waals surface area contributed by atoms with Crippen LogP contribution in [0.4, 0.5) is 0 Å². The molecule has 126 valence electrons. The molecule has 2 fully saturated rings. The molecule has 0 amide bonds. The van der Waals surface area contributed by atoms with Gasteiger partial charge >= 0.3 is 0 Å². The summed E-state index contributed by atoms with van der Waals surface area (Å²) in [5.74, 6) is 3.21. The summed E-state index contributed by atoms with van der Waals surface area (Å²) in [5, 5.41) is 11.4. The van der Waals surface area contributed by atoms with E-state index >= 15 is 0 Å². The van der Waals surface area contributed by atoms with Gasteiger partial charge in [0.15, 0.2) is 11.5 Å². The zero-order chi connectivity index (χ0) is 16.4. The molecule has 2 aliphatic carbocycles. The van der Waals surface area contributed by atoms with Gasteiger partial charge in [-0.1, -0.05) is 27.2 Å². The highest BCUT2D eigenvalue weighted by Crippen LogP contribution is 2.78. The fourth-order valence-corrected chi connectivity index (χ4v) is 5.67. The monoisotopic (exact) mass is 318 g/mol. The zero-order valence-electron chi connectivity index (χ0n) is 14.4. The largest absolute Gasteiger partial charge is 0.496 e. The second-order valence-corrected chi connectivity index (χ2v) is 7.95. The summed E-state index contributed by atoms with van der Waals surface area (Å²) in [6.45, 7) is 7.14. The second-order valence-electron chi connectivity index (χ2n) is 7.95. The van der Waals surface area contributed by atoms with Crippen molar-refractivity contribution in [1.82, 2.24) is 0 Å². The van der Waals surface area contributed by atoms with Crippen LogP contribution in [0.3, 0.4) is 0 Å². The Bertz CT molecular complexity index is 639. The van der Waals surface area contributed by atoms with Gasteiger partial charge in [0.2, 0.25) is 6.79 Å². The fraction of sp³-hybridized carbons (Fsp3) is 0.684. The van der Waals surface area contributed by atoms with Crippen molar-refractivity contribution < 1.29 is 19.3 Å². The third-order valence-corrected chi connectivity index (χ3v) is 6.82. The van der Waals surface area contributed by atoms with E-state index in [1.165, 1.54) is 12.8 Å². The van der Waals surface area contributed by atoms with Gasteiger partial charge in [-0.25, -0.2) is 0 Å². The predicted molar refractivity (Wildman–Crippen MR) is 86.8 cm³/mol. The van der Waals surface area contributed by atoms with Crippen LogP contribution in [-0.2, 0) is 0 Å². The van der Waals surface area contributed by atoms with Gasteiger partial charge in [-0.2, -0.15) is 0 Å². The second kappa shape index (κ2) is 4.79. The van der Waals surface area contributed by atoms with Crippen molar-refractivity contribution >= 4 is 0 Å². The van der Waals surface area contributed by atoms with E-state index in [4.69, 9.17) is 14.2 Å². The van der Waals surface area contributed by atoms with Crippen LogP contribution in [0, 0.1) is 22.7 Å². The van der Waals surface area contributed by atoms with Crippen LogP contribution >= 0.6 is 0 Å². The summed E-state index contributed by atoms with van der Waals surface area (Å²) in [7, 11) is 1.64. The predicted octanol–water partition coefficient (Wildman–Crippen LogP) is 3.92. The first-order valence-corrected chi connectivity index (χ1v) is 8.59. The molecule has 1 N–H and O–H groups in total. The summed E-state index contributed by atoms with van der Waals surface area (Å²) < 4.78 is 16.5. The summed E-state index contributed by atoms with van der Waals surface area (Å²) in [6, 6.07) is 3.75. The Balaban J connectivity index is 1.79. The number of methoxy groups -OCH3 is 1. The van der Waals surface area contributed by atoms with E-state index in [1.54, 1.807) is 7.11 Å². The highest BCUT2D eigenvalue weighted by molar-refractivity contribution is 5.53. The molecule has 0 saturated heterocycles. The van der Waals surface area contributed by atoms with Crippen LogP contribution in [0.25, 0.3) is 0 Å². The molecular formula is C19H26O4. The van der Waals surface area contributed by atoms with Gasteiger partial charge in [0.05, 0.1) is 13.2 Å². The lowest BCUT2D eigenvalue weighted by atomic mass is 9.63. The van der Waals surface area contributed by atoms with Gasteiger partial charge in [-0.3, -0.25) is 0 Å². The molecule has 0 bridgehead atoms. The minimum Gasteiger partial charge on any atom is -0.496 e. The number of hydrogen-bond acceptors (Lipinski definition) is 4. The molecule has 4 rings (SSSR count). The topological polar surface area (TPSA) is 47.9 Å². The molecule has 1 aromatic carbocycles. The normalized spacial score (nSPS) is 34.7. The van der Waals surface area contributed by atoms with Crippen LogP contribution < -0.4 is 14.2 Å². The van der Waals surface area contributed by atoms with Crippen molar-refractivity contribution in [2.75, 3.05) is 13.9 Å². The van der Waals surface area contributed by atoms with Gasteiger partial charge in [0, 0.05) is 17.0 Å². The van der Waals surface area contributed by atoms with Crippen molar-refractivity contribution in [1.29, 1.82) is 0 Å². The van der Waals surface area contributed by atoms with Gasteiger partial charge < -0.3 is 19.3 Å². The SMILES string of the molecule is COc1cc2c(cc1C(O)C13C(C)C1CCCC3(C)C)OCO2. The lowest BCUT2D eigenvalue weighted by Crippen LogP contribution is -2.36. The number of benzene rings is 1. The van der Waals surface area contributed by atoms with Crippen LogP contribution in [0.2, 0.25) is 0 Å². The van der Waals surface area contributed by atoms with E-state index < -0.39 is 6.10 Å². The molecule has 4 nitrogen and oxygen atoms in total. The Morgan fingerprint density at radius 3 is 2.61 bits per heavy atom. The van der Waals surface area contributed by atoms with Gasteiger partial charge in [-0.15, -0.1) is 0 Å². The molecule has 3 aliphatic rings. The maximum Gasteiger partial charge on any atom is 0.231 e. The van der Waals surface area contributed by atoms with Crippen molar-refractivity contribution in [3.05, 3.63) is 17.7 Å². The molecule has 1 heterocycles. The number of fused-ring (bicyclic) bond motifs is 2. The van der Waals surface area contributed by atoms with Crippen LogP contribution in [0.5, 0.6) is 17.2 Å². The average molecular weight is 318 g/mol. The standard InChI is InChI=1S/C19H26O4/c1-11-13-6-5-7-18(2,3)19(11,13)17(20)12-8-15-16(23-10-22-15)9-14(12)21-4/h8-9,11,13,17,20H,5-7,10H2,1-4H3. The number of ether oxygens (including phenoxy) is 3. The first kappa shape index (κ1) is 15.1. The highest BCUT2D eigenvalue weighted by atomic mass is 16.7. The summed E-state index contributed by atoms with van der Waals surface area (Å²) in [6.07, 6.45) is 3.10. The number of hydrogen-bond donors (Lipinski definition) is 1. The Hall–Kier alpha value is -1.42. The van der Waals surface area contributed by atoms with Crippen LogP contribution in [-0.4, -0.2) is 19.0 Å². The van der Waals surface area contributed by atoms with Crippen molar-refractivity contribution in [3.8, 4) is 17.2 Å². The molecule has 2 saturated carbocycles. The minimum absolute atomic E-state index is 0.0633. The number of aliphatic hydroxyl groups excluding tert-OH is 1. The van der Waals surface area contributed by atoms with Crippen molar-refractivity contribution in [2.24, 2.45) is 22.7 Å². The smallest absolute Gasteiger partial charge is 0.231 e. The Kier molecular flexibility index (Phi) is 3.15. The summed E-state index contributed by atoms with van der Waals surface area (Å²) >= 11 is 0. The zero-order valence-corrected chi connectivity index (χ0v) is 14.4. The van der Waals surface area contributed by atoms with Crippen molar-refractivity contribution in [3.63, 3.8) is 0 Å². The van der Waals surface area contributed by atoms with Gasteiger partial charge in [0.25, 0.3) is 0 Å². The van der Waals surface area contributed by atoms with E-state index in [0.717, 1.165) is 12.0 Å². The van der Waals surface area contributed by atoms with E-state index in [2.05, 4.69) is 20.8 Å². The lowest BCUT2D eigenvalue weighted by molar-refractivity contribution is -0.0275. The highest BCUT2D eigenvalue weighted by Gasteiger charge is 2.73. The molecule has 1 aliphatic heterocycles. The molecule has 0 spiro atoms. The summed E-state index contributed by atoms with van der Waals surface area (Å²) in [5.41, 5.74) is 0.892. The molecule has 1 aromatic rings.